The van der Waals surface area contributed by atoms with Gasteiger partial charge in [0.25, 0.3) is 11.3 Å². The normalized spacial score (nSPS) is 13.2. The number of benzene rings is 2. The van der Waals surface area contributed by atoms with E-state index < -0.39 is 16.7 Å². The van der Waals surface area contributed by atoms with E-state index in [9.17, 15) is 9.00 Å². The summed E-state index contributed by atoms with van der Waals surface area (Å²) in [5.41, 5.74) is 3.03. The molecule has 2 aromatic carbocycles. The third kappa shape index (κ3) is 7.38. The summed E-state index contributed by atoms with van der Waals surface area (Å²) in [6, 6.07) is 14.8. The second-order valence-corrected chi connectivity index (χ2v) is 10.3. The molecule has 0 radical (unpaired) electrons. The Hall–Kier alpha value is -2.75. The number of methoxy groups -OCH3 is 1. The van der Waals surface area contributed by atoms with Gasteiger partial charge in [0.1, 0.15) is 10.8 Å². The van der Waals surface area contributed by atoms with Gasteiger partial charge >= 0.3 is 0 Å². The van der Waals surface area contributed by atoms with Crippen LogP contribution >= 0.6 is 11.3 Å². The van der Waals surface area contributed by atoms with Gasteiger partial charge in [-0.3, -0.25) is 14.1 Å². The van der Waals surface area contributed by atoms with Gasteiger partial charge in [-0.2, -0.15) is 0 Å². The Morgan fingerprint density at radius 1 is 1.18 bits per heavy atom. The Balaban J connectivity index is 1.80. The number of hydrogen-bond donors (Lipinski definition) is 3. The molecule has 3 rings (SSSR count). The molecule has 0 aliphatic rings. The first-order chi connectivity index (χ1) is 15.6. The highest BCUT2D eigenvalue weighted by atomic mass is 32.2. The van der Waals surface area contributed by atoms with Crippen molar-refractivity contribution >= 4 is 34.2 Å². The van der Waals surface area contributed by atoms with Crippen LogP contribution in [-0.2, 0) is 28.9 Å². The summed E-state index contributed by atoms with van der Waals surface area (Å²) in [5, 5.41) is 6.01. The van der Waals surface area contributed by atoms with Crippen LogP contribution in [0.15, 0.2) is 53.9 Å². The van der Waals surface area contributed by atoms with Crippen LogP contribution in [0.5, 0.6) is 5.75 Å². The molecule has 0 saturated carbocycles. The number of hydrogen-bond acceptors (Lipinski definition) is 5. The van der Waals surface area contributed by atoms with Crippen LogP contribution in [0, 0.1) is 5.41 Å². The quantitative estimate of drug-likeness (QED) is 0.379. The fourth-order valence-corrected chi connectivity index (χ4v) is 4.38. The van der Waals surface area contributed by atoms with E-state index in [1.165, 1.54) is 11.3 Å². The van der Waals surface area contributed by atoms with Gasteiger partial charge in [0.2, 0.25) is 5.91 Å². The monoisotopic (exact) mass is 487 g/mol. The van der Waals surface area contributed by atoms with Crippen molar-refractivity contribution in [3.05, 3.63) is 75.7 Å². The van der Waals surface area contributed by atoms with Crippen LogP contribution in [-0.4, -0.2) is 26.8 Å². The molecule has 1 aromatic heterocycles. The molecule has 0 saturated heterocycles. The van der Waals surface area contributed by atoms with Crippen molar-refractivity contribution in [1.82, 2.24) is 10.3 Å². The number of anilines is 1. The lowest BCUT2D eigenvalue weighted by atomic mass is 9.94. The summed E-state index contributed by atoms with van der Waals surface area (Å²) in [6.07, 6.45) is 1.22. The van der Waals surface area contributed by atoms with E-state index in [0.29, 0.717) is 18.5 Å². The average molecular weight is 488 g/mol. The number of amides is 1. The Labute approximate surface area is 201 Å². The smallest absolute Gasteiger partial charge is 0.259 e. The maximum absolute atomic E-state index is 12.8. The van der Waals surface area contributed by atoms with Crippen molar-refractivity contribution in [1.29, 1.82) is 0 Å². The number of nitrogens with one attached hydrogen (secondary N) is 2. The predicted molar refractivity (Wildman–Crippen MR) is 133 cm³/mol. The third-order valence-electron chi connectivity index (χ3n) is 4.97. The van der Waals surface area contributed by atoms with E-state index in [2.05, 4.69) is 10.0 Å². The SMILES string of the molecule is COc1cccc(Cc2csc([C@H](Cc3ccc(NS(=O)O)cc3)NC(=O)C(C)(C)C)n2)c1. The highest BCUT2D eigenvalue weighted by Gasteiger charge is 2.26. The molecule has 0 aliphatic carbocycles. The van der Waals surface area contributed by atoms with Gasteiger partial charge in [-0.1, -0.05) is 45.0 Å². The lowest BCUT2D eigenvalue weighted by Crippen LogP contribution is -2.38. The summed E-state index contributed by atoms with van der Waals surface area (Å²) in [7, 11) is 1.65. The zero-order valence-electron chi connectivity index (χ0n) is 19.1. The molecule has 176 valence electrons. The van der Waals surface area contributed by atoms with Crippen molar-refractivity contribution < 1.29 is 18.3 Å². The Bertz CT molecular complexity index is 1110. The topological polar surface area (TPSA) is 101 Å². The maximum atomic E-state index is 12.8. The summed E-state index contributed by atoms with van der Waals surface area (Å²) in [5.74, 6) is 0.757. The first-order valence-electron chi connectivity index (χ1n) is 10.5. The molecule has 9 heteroatoms. The largest absolute Gasteiger partial charge is 0.497 e. The van der Waals surface area contributed by atoms with Gasteiger partial charge in [-0.15, -0.1) is 11.3 Å². The molecule has 0 aliphatic heterocycles. The molecule has 0 spiro atoms. The average Bonchev–Trinajstić information content (AvgIpc) is 3.22. The molecule has 0 bridgehead atoms. The number of carbonyl (C=O) groups is 1. The van der Waals surface area contributed by atoms with E-state index in [-0.39, 0.29) is 11.9 Å². The predicted octanol–water partition coefficient (Wildman–Crippen LogP) is 4.74. The minimum atomic E-state index is -2.12. The van der Waals surface area contributed by atoms with Crippen molar-refractivity contribution in [2.45, 2.75) is 39.7 Å². The summed E-state index contributed by atoms with van der Waals surface area (Å²) >= 11 is -0.594. The minimum absolute atomic E-state index is 0.0500. The van der Waals surface area contributed by atoms with Gasteiger partial charge in [-0.05, 0) is 41.8 Å². The highest BCUT2D eigenvalue weighted by Crippen LogP contribution is 2.26. The zero-order valence-corrected chi connectivity index (χ0v) is 20.8. The van der Waals surface area contributed by atoms with Crippen LogP contribution in [0.4, 0.5) is 5.69 Å². The van der Waals surface area contributed by atoms with Gasteiger partial charge in [0.05, 0.1) is 18.8 Å². The van der Waals surface area contributed by atoms with Crippen LogP contribution in [0.25, 0.3) is 0 Å². The molecule has 33 heavy (non-hydrogen) atoms. The van der Waals surface area contributed by atoms with Gasteiger partial charge in [-0.25, -0.2) is 9.19 Å². The van der Waals surface area contributed by atoms with Crippen molar-refractivity contribution in [3.63, 3.8) is 0 Å². The van der Waals surface area contributed by atoms with Gasteiger partial charge in [0, 0.05) is 22.9 Å². The maximum Gasteiger partial charge on any atom is 0.259 e. The van der Waals surface area contributed by atoms with Crippen LogP contribution < -0.4 is 14.8 Å². The number of rotatable bonds is 9. The molecule has 1 unspecified atom stereocenters. The zero-order chi connectivity index (χ0) is 24.0. The van der Waals surface area contributed by atoms with Gasteiger partial charge < -0.3 is 10.1 Å². The molecule has 0 fully saturated rings. The van der Waals surface area contributed by atoms with E-state index in [1.807, 2.05) is 62.5 Å². The Kier molecular flexibility index (Phi) is 8.23. The van der Waals surface area contributed by atoms with Gasteiger partial charge in [0.15, 0.2) is 0 Å². The number of ether oxygens (including phenoxy) is 1. The lowest BCUT2D eigenvalue weighted by molar-refractivity contribution is -0.129. The molecule has 7 nitrogen and oxygen atoms in total. The number of nitrogens with zero attached hydrogens (tertiary/aromatic N) is 1. The third-order valence-corrected chi connectivity index (χ3v) is 6.39. The second-order valence-electron chi connectivity index (χ2n) is 8.73. The van der Waals surface area contributed by atoms with Crippen LogP contribution in [0.1, 0.15) is 48.6 Å². The molecule has 1 amide bonds. The first kappa shape index (κ1) is 24.9. The van der Waals surface area contributed by atoms with E-state index >= 15 is 0 Å². The summed E-state index contributed by atoms with van der Waals surface area (Å²) in [4.78, 5) is 17.6. The number of carbonyl (C=O) groups excluding carboxylic acids is 1. The number of aromatic nitrogens is 1. The fourth-order valence-electron chi connectivity index (χ4n) is 3.18. The fraction of sp³-hybridized carbons (Fsp3) is 0.333. The molecule has 1 heterocycles. The van der Waals surface area contributed by atoms with Crippen molar-refractivity contribution in [3.8, 4) is 5.75 Å². The van der Waals surface area contributed by atoms with Crippen molar-refractivity contribution in [2.75, 3.05) is 11.8 Å². The second kappa shape index (κ2) is 10.9. The summed E-state index contributed by atoms with van der Waals surface area (Å²) < 4.78 is 27.7. The van der Waals surface area contributed by atoms with Crippen molar-refractivity contribution in [2.24, 2.45) is 5.41 Å². The molecular weight excluding hydrogens is 458 g/mol. The van der Waals surface area contributed by atoms with Crippen LogP contribution in [0.3, 0.4) is 0 Å². The summed E-state index contributed by atoms with van der Waals surface area (Å²) in [6.45, 7) is 5.64. The molecule has 3 N–H and O–H groups in total. The Morgan fingerprint density at radius 2 is 1.91 bits per heavy atom. The Morgan fingerprint density at radius 3 is 2.55 bits per heavy atom. The number of thiazole rings is 1. The highest BCUT2D eigenvalue weighted by molar-refractivity contribution is 7.80. The molecular formula is C24H29N3O4S2. The minimum Gasteiger partial charge on any atom is -0.497 e. The van der Waals surface area contributed by atoms with E-state index in [0.717, 1.165) is 27.6 Å². The van der Waals surface area contributed by atoms with E-state index in [4.69, 9.17) is 14.3 Å². The molecule has 3 aromatic rings. The van der Waals surface area contributed by atoms with E-state index in [1.54, 1.807) is 19.2 Å². The van der Waals surface area contributed by atoms with Crippen LogP contribution in [0.2, 0.25) is 0 Å². The lowest BCUT2D eigenvalue weighted by Gasteiger charge is -2.23. The molecule has 2 atom stereocenters. The first-order valence-corrected chi connectivity index (χ1v) is 12.5. The standard InChI is InChI=1S/C24H29N3O4S2/c1-24(2,3)23(28)26-21(14-16-8-10-18(11-9-16)27-33(29)30)22-25-19(15-32-22)12-17-6-5-7-20(13-17)31-4/h5-11,13,15,21,27H,12,14H2,1-4H3,(H,26,28)(H,29,30)/t21-/m0/s1.